The van der Waals surface area contributed by atoms with Gasteiger partial charge in [0.1, 0.15) is 5.69 Å². The molecule has 1 amide bonds. The number of carbonyl (C=O) groups is 1. The molecule has 0 saturated heterocycles. The van der Waals surface area contributed by atoms with E-state index in [-0.39, 0.29) is 30.7 Å². The number of carbonyl (C=O) groups excluding carboxylic acids is 1. The number of nitrogens with zero attached hydrogens (tertiary/aromatic N) is 1. The number of thiazole rings is 1. The van der Waals surface area contributed by atoms with Crippen molar-refractivity contribution in [1.82, 2.24) is 15.6 Å². The molecule has 0 fully saturated rings. The molecule has 3 rings (SSSR count). The fourth-order valence-corrected chi connectivity index (χ4v) is 3.20. The highest BCUT2D eigenvalue weighted by atomic mass is 35.5. The van der Waals surface area contributed by atoms with E-state index >= 15 is 0 Å². The summed E-state index contributed by atoms with van der Waals surface area (Å²) in [4.78, 5) is 16.5. The second kappa shape index (κ2) is 8.64. The maximum absolute atomic E-state index is 12.1. The molecular formula is C16H21Cl2N3OS. The van der Waals surface area contributed by atoms with Gasteiger partial charge in [-0.2, -0.15) is 0 Å². The molecule has 2 heterocycles. The van der Waals surface area contributed by atoms with Crippen molar-refractivity contribution in [3.8, 4) is 0 Å². The van der Waals surface area contributed by atoms with E-state index in [9.17, 15) is 4.79 Å². The number of hydrogen-bond acceptors (Lipinski definition) is 4. The Morgan fingerprint density at radius 2 is 2.04 bits per heavy atom. The van der Waals surface area contributed by atoms with Crippen LogP contribution in [0.1, 0.15) is 52.0 Å². The first-order valence-corrected chi connectivity index (χ1v) is 8.06. The van der Waals surface area contributed by atoms with E-state index in [0.29, 0.717) is 18.2 Å². The average Bonchev–Trinajstić information content (AvgIpc) is 3.12. The third-order valence-corrected chi connectivity index (χ3v) is 4.75. The van der Waals surface area contributed by atoms with Crippen LogP contribution in [0.2, 0.25) is 0 Å². The molecule has 1 aliphatic heterocycles. The third kappa shape index (κ3) is 4.67. The van der Waals surface area contributed by atoms with Gasteiger partial charge in [0.05, 0.1) is 5.01 Å². The van der Waals surface area contributed by atoms with Crippen molar-refractivity contribution in [2.75, 3.05) is 0 Å². The van der Waals surface area contributed by atoms with Crippen LogP contribution in [0.4, 0.5) is 0 Å². The number of hydrogen-bond donors (Lipinski definition) is 2. The number of fused-ring (bicyclic) bond motifs is 1. The van der Waals surface area contributed by atoms with Crippen LogP contribution in [0.15, 0.2) is 23.6 Å². The van der Waals surface area contributed by atoms with Crippen molar-refractivity contribution in [3.05, 3.63) is 51.0 Å². The second-order valence-electron chi connectivity index (χ2n) is 5.61. The quantitative estimate of drug-likeness (QED) is 0.859. The number of benzene rings is 1. The Hall–Kier alpha value is -1.14. The topological polar surface area (TPSA) is 54.0 Å². The average molecular weight is 374 g/mol. The summed E-state index contributed by atoms with van der Waals surface area (Å²) < 4.78 is 0. The fourth-order valence-electron chi connectivity index (χ4n) is 2.39. The van der Waals surface area contributed by atoms with E-state index in [4.69, 9.17) is 0 Å². The summed E-state index contributed by atoms with van der Waals surface area (Å²) >= 11 is 1.54. The molecule has 0 spiro atoms. The fraction of sp³-hybridized carbons (Fsp3) is 0.375. The minimum Gasteiger partial charge on any atom is -0.347 e. The minimum atomic E-state index is -0.100. The monoisotopic (exact) mass is 373 g/mol. The lowest BCUT2D eigenvalue weighted by atomic mass is 10.1. The van der Waals surface area contributed by atoms with Gasteiger partial charge < -0.3 is 10.6 Å². The van der Waals surface area contributed by atoms with E-state index < -0.39 is 0 Å². The van der Waals surface area contributed by atoms with Gasteiger partial charge in [0.25, 0.3) is 5.91 Å². The van der Waals surface area contributed by atoms with Crippen LogP contribution in [0.5, 0.6) is 0 Å². The van der Waals surface area contributed by atoms with Crippen LogP contribution >= 0.6 is 36.2 Å². The summed E-state index contributed by atoms with van der Waals surface area (Å²) in [6, 6.07) is 6.37. The smallest absolute Gasteiger partial charge is 0.271 e. The van der Waals surface area contributed by atoms with Crippen LogP contribution < -0.4 is 10.6 Å². The maximum atomic E-state index is 12.1. The van der Waals surface area contributed by atoms with Gasteiger partial charge in [-0.05, 0) is 16.7 Å². The molecule has 4 nitrogen and oxygen atoms in total. The van der Waals surface area contributed by atoms with Crippen LogP contribution in [0.3, 0.4) is 0 Å². The van der Waals surface area contributed by atoms with E-state index in [1.54, 1.807) is 11.3 Å². The molecule has 0 atom stereocenters. The second-order valence-corrected chi connectivity index (χ2v) is 6.50. The van der Waals surface area contributed by atoms with Gasteiger partial charge in [0.2, 0.25) is 0 Å². The Morgan fingerprint density at radius 1 is 1.30 bits per heavy atom. The first-order valence-electron chi connectivity index (χ1n) is 7.18. The van der Waals surface area contributed by atoms with Crippen molar-refractivity contribution in [2.45, 2.75) is 39.4 Å². The minimum absolute atomic E-state index is 0. The normalized spacial score (nSPS) is 12.3. The van der Waals surface area contributed by atoms with E-state index in [1.165, 1.54) is 11.1 Å². The third-order valence-electron chi connectivity index (χ3n) is 3.60. The highest BCUT2D eigenvalue weighted by Crippen LogP contribution is 2.19. The van der Waals surface area contributed by atoms with E-state index in [0.717, 1.165) is 23.7 Å². The van der Waals surface area contributed by atoms with Crippen LogP contribution in [0.25, 0.3) is 0 Å². The molecule has 1 aromatic carbocycles. The van der Waals surface area contributed by atoms with Gasteiger partial charge in [-0.1, -0.05) is 32.0 Å². The molecule has 0 unspecified atom stereocenters. The highest BCUT2D eigenvalue weighted by Gasteiger charge is 2.13. The zero-order valence-electron chi connectivity index (χ0n) is 13.1. The summed E-state index contributed by atoms with van der Waals surface area (Å²) in [5.74, 6) is 0.262. The molecule has 1 aliphatic rings. The zero-order chi connectivity index (χ0) is 14.8. The van der Waals surface area contributed by atoms with E-state index in [2.05, 4.69) is 47.7 Å². The summed E-state index contributed by atoms with van der Waals surface area (Å²) in [5, 5.41) is 9.10. The molecule has 2 N–H and O–H groups in total. The summed E-state index contributed by atoms with van der Waals surface area (Å²) in [6.07, 6.45) is 0. The Labute approximate surface area is 152 Å². The first kappa shape index (κ1) is 19.9. The standard InChI is InChI=1S/C16H19N3OS.2ClH/c1-10(2)16-19-14(9-21-16)15(20)18-6-11-3-4-12-7-17-8-13(12)5-11;;/h3-5,9-10,17H,6-8H2,1-2H3,(H,18,20);2*1H. The molecule has 126 valence electrons. The largest absolute Gasteiger partial charge is 0.347 e. The molecule has 0 bridgehead atoms. The van der Waals surface area contributed by atoms with Gasteiger partial charge in [0.15, 0.2) is 0 Å². The lowest BCUT2D eigenvalue weighted by molar-refractivity contribution is 0.0946. The SMILES string of the molecule is CC(C)c1nc(C(=O)NCc2ccc3c(c2)CNC3)cs1.Cl.Cl. The number of amides is 1. The Balaban J connectivity index is 0.00000132. The number of aromatic nitrogens is 1. The van der Waals surface area contributed by atoms with Gasteiger partial charge in [-0.3, -0.25) is 4.79 Å². The molecule has 0 radical (unpaired) electrons. The predicted molar refractivity (Wildman–Crippen MR) is 98.9 cm³/mol. The molecule has 2 aromatic rings. The van der Waals surface area contributed by atoms with Crippen molar-refractivity contribution in [3.63, 3.8) is 0 Å². The molecule has 23 heavy (non-hydrogen) atoms. The van der Waals surface area contributed by atoms with Crippen LogP contribution in [-0.2, 0) is 19.6 Å². The van der Waals surface area contributed by atoms with Gasteiger partial charge in [-0.15, -0.1) is 36.2 Å². The Bertz CT molecular complexity index is 673. The summed E-state index contributed by atoms with van der Waals surface area (Å²) in [5.41, 5.74) is 4.33. The van der Waals surface area contributed by atoms with Gasteiger partial charge in [-0.25, -0.2) is 4.98 Å². The van der Waals surface area contributed by atoms with Gasteiger partial charge in [0, 0.05) is 30.9 Å². The highest BCUT2D eigenvalue weighted by molar-refractivity contribution is 7.09. The van der Waals surface area contributed by atoms with Crippen molar-refractivity contribution in [1.29, 1.82) is 0 Å². The molecule has 7 heteroatoms. The van der Waals surface area contributed by atoms with Crippen molar-refractivity contribution in [2.24, 2.45) is 0 Å². The van der Waals surface area contributed by atoms with Crippen LogP contribution in [0, 0.1) is 0 Å². The first-order chi connectivity index (χ1) is 10.1. The predicted octanol–water partition coefficient (Wildman–Crippen LogP) is 3.64. The molecule has 0 saturated carbocycles. The Morgan fingerprint density at radius 3 is 2.74 bits per heavy atom. The Kier molecular flexibility index (Phi) is 7.48. The number of halogens is 2. The number of rotatable bonds is 4. The summed E-state index contributed by atoms with van der Waals surface area (Å²) in [6.45, 7) is 6.57. The van der Waals surface area contributed by atoms with E-state index in [1.807, 2.05) is 5.38 Å². The van der Waals surface area contributed by atoms with Crippen LogP contribution in [-0.4, -0.2) is 10.9 Å². The summed E-state index contributed by atoms with van der Waals surface area (Å²) in [7, 11) is 0. The lowest BCUT2D eigenvalue weighted by Crippen LogP contribution is -2.23. The molecule has 0 aliphatic carbocycles. The molecule has 1 aromatic heterocycles. The molecular weight excluding hydrogens is 353 g/mol. The maximum Gasteiger partial charge on any atom is 0.271 e. The van der Waals surface area contributed by atoms with Gasteiger partial charge >= 0.3 is 0 Å². The lowest BCUT2D eigenvalue weighted by Gasteiger charge is -2.06. The van der Waals surface area contributed by atoms with Crippen molar-refractivity contribution < 1.29 is 4.79 Å². The zero-order valence-corrected chi connectivity index (χ0v) is 15.5. The number of nitrogens with one attached hydrogen (secondary N) is 2. The van der Waals surface area contributed by atoms with Crippen molar-refractivity contribution >= 4 is 42.1 Å².